The first-order valence-corrected chi connectivity index (χ1v) is 5.85. The van der Waals surface area contributed by atoms with Crippen LogP contribution in [0.1, 0.15) is 11.3 Å². The lowest BCUT2D eigenvalue weighted by Crippen LogP contribution is -2.20. The van der Waals surface area contributed by atoms with Gasteiger partial charge in [0.05, 0.1) is 12.4 Å². The van der Waals surface area contributed by atoms with Gasteiger partial charge < -0.3 is 15.8 Å². The van der Waals surface area contributed by atoms with Crippen molar-refractivity contribution in [1.29, 1.82) is 0 Å². The van der Waals surface area contributed by atoms with Crippen LogP contribution in [0.5, 0.6) is 0 Å². The predicted molar refractivity (Wildman–Crippen MR) is 73.0 cm³/mol. The number of aromatic nitrogens is 2. The molecule has 7 heteroatoms. The molecule has 104 valence electrons. The molecule has 1 aromatic carbocycles. The largest absolute Gasteiger partial charge is 0.409 e. The number of oxime groups is 1. The van der Waals surface area contributed by atoms with Gasteiger partial charge in [-0.25, -0.2) is 14.4 Å². The number of hydrogen-bond donors (Lipinski definition) is 2. The van der Waals surface area contributed by atoms with Crippen molar-refractivity contribution in [3.8, 4) is 0 Å². The standard InChI is InChI=1S/C13H14FN5O/c1-19(8-9-3-2-4-10(14)5-9)12-7-16-11(6-17-12)13(15)18-20/h2-7,20H,8H2,1H3,(H2,15,18). The molecule has 1 heterocycles. The normalized spacial score (nSPS) is 11.4. The maximum atomic E-state index is 13.1. The van der Waals surface area contributed by atoms with E-state index in [1.165, 1.54) is 24.5 Å². The van der Waals surface area contributed by atoms with Crippen molar-refractivity contribution in [1.82, 2.24) is 9.97 Å². The van der Waals surface area contributed by atoms with Gasteiger partial charge in [-0.3, -0.25) is 0 Å². The van der Waals surface area contributed by atoms with E-state index in [1.807, 2.05) is 18.0 Å². The first-order chi connectivity index (χ1) is 9.60. The molecule has 6 nitrogen and oxygen atoms in total. The van der Waals surface area contributed by atoms with E-state index in [-0.39, 0.29) is 17.3 Å². The van der Waals surface area contributed by atoms with Crippen molar-refractivity contribution >= 4 is 11.7 Å². The molecule has 0 aliphatic heterocycles. The zero-order chi connectivity index (χ0) is 14.5. The Morgan fingerprint density at radius 2 is 2.20 bits per heavy atom. The van der Waals surface area contributed by atoms with E-state index < -0.39 is 0 Å². The van der Waals surface area contributed by atoms with E-state index in [4.69, 9.17) is 10.9 Å². The molecule has 0 saturated heterocycles. The second-order valence-electron chi connectivity index (χ2n) is 4.23. The highest BCUT2D eigenvalue weighted by molar-refractivity contribution is 5.94. The molecule has 0 unspecified atom stereocenters. The molecule has 0 fully saturated rings. The van der Waals surface area contributed by atoms with Gasteiger partial charge in [0.25, 0.3) is 0 Å². The van der Waals surface area contributed by atoms with Gasteiger partial charge >= 0.3 is 0 Å². The molecule has 0 aliphatic rings. The number of rotatable bonds is 4. The van der Waals surface area contributed by atoms with E-state index in [2.05, 4.69) is 15.1 Å². The lowest BCUT2D eigenvalue weighted by atomic mass is 10.2. The Labute approximate surface area is 115 Å². The molecule has 0 amide bonds. The van der Waals surface area contributed by atoms with E-state index in [9.17, 15) is 4.39 Å². The van der Waals surface area contributed by atoms with Crippen LogP contribution in [-0.4, -0.2) is 28.1 Å². The summed E-state index contributed by atoms with van der Waals surface area (Å²) in [5, 5.41) is 11.4. The molecular formula is C13H14FN5O. The maximum Gasteiger partial charge on any atom is 0.190 e. The molecule has 0 atom stereocenters. The van der Waals surface area contributed by atoms with Gasteiger partial charge in [0, 0.05) is 13.6 Å². The van der Waals surface area contributed by atoms with Crippen molar-refractivity contribution in [2.45, 2.75) is 6.54 Å². The summed E-state index contributed by atoms with van der Waals surface area (Å²) in [6.45, 7) is 0.495. The molecule has 0 bridgehead atoms. The second kappa shape index (κ2) is 5.96. The Kier molecular flexibility index (Phi) is 4.09. The lowest BCUT2D eigenvalue weighted by Gasteiger charge is -2.17. The van der Waals surface area contributed by atoms with Crippen LogP contribution in [0, 0.1) is 5.82 Å². The maximum absolute atomic E-state index is 13.1. The zero-order valence-electron chi connectivity index (χ0n) is 10.9. The number of halogens is 1. The summed E-state index contributed by atoms with van der Waals surface area (Å²) in [6, 6.07) is 6.35. The second-order valence-corrected chi connectivity index (χ2v) is 4.23. The molecule has 0 aliphatic carbocycles. The van der Waals surface area contributed by atoms with Crippen molar-refractivity contribution in [2.75, 3.05) is 11.9 Å². The summed E-state index contributed by atoms with van der Waals surface area (Å²) in [5.41, 5.74) is 6.52. The van der Waals surface area contributed by atoms with Crippen LogP contribution in [0.4, 0.5) is 10.2 Å². The Morgan fingerprint density at radius 1 is 1.40 bits per heavy atom. The number of hydrogen-bond acceptors (Lipinski definition) is 5. The Morgan fingerprint density at radius 3 is 2.80 bits per heavy atom. The highest BCUT2D eigenvalue weighted by Crippen LogP contribution is 2.12. The number of anilines is 1. The average Bonchev–Trinajstić information content (AvgIpc) is 2.46. The van der Waals surface area contributed by atoms with E-state index in [1.54, 1.807) is 6.07 Å². The monoisotopic (exact) mass is 275 g/mol. The van der Waals surface area contributed by atoms with Crippen LogP contribution in [0.2, 0.25) is 0 Å². The highest BCUT2D eigenvalue weighted by atomic mass is 19.1. The highest BCUT2D eigenvalue weighted by Gasteiger charge is 2.07. The van der Waals surface area contributed by atoms with Crippen LogP contribution in [-0.2, 0) is 6.54 Å². The fourth-order valence-electron chi connectivity index (χ4n) is 1.69. The molecule has 0 spiro atoms. The van der Waals surface area contributed by atoms with E-state index >= 15 is 0 Å². The molecule has 2 rings (SSSR count). The summed E-state index contributed by atoms with van der Waals surface area (Å²) in [7, 11) is 1.82. The number of amidine groups is 1. The smallest absolute Gasteiger partial charge is 0.190 e. The molecule has 0 radical (unpaired) electrons. The Bertz CT molecular complexity index is 614. The van der Waals surface area contributed by atoms with Crippen LogP contribution in [0.25, 0.3) is 0 Å². The Balaban J connectivity index is 2.11. The van der Waals surface area contributed by atoms with Gasteiger partial charge in [-0.2, -0.15) is 0 Å². The predicted octanol–water partition coefficient (Wildman–Crippen LogP) is 1.35. The fraction of sp³-hybridized carbons (Fsp3) is 0.154. The summed E-state index contributed by atoms with van der Waals surface area (Å²) >= 11 is 0. The van der Waals surface area contributed by atoms with Crippen molar-refractivity contribution < 1.29 is 9.60 Å². The van der Waals surface area contributed by atoms with E-state index in [0.29, 0.717) is 12.4 Å². The molecule has 0 saturated carbocycles. The number of benzene rings is 1. The van der Waals surface area contributed by atoms with Crippen molar-refractivity contribution in [2.24, 2.45) is 10.9 Å². The van der Waals surface area contributed by atoms with Gasteiger partial charge in [0.15, 0.2) is 5.84 Å². The summed E-state index contributed by atoms with van der Waals surface area (Å²) in [6.07, 6.45) is 2.92. The molecular weight excluding hydrogens is 261 g/mol. The van der Waals surface area contributed by atoms with Gasteiger partial charge in [-0.15, -0.1) is 0 Å². The minimum absolute atomic E-state index is 0.100. The van der Waals surface area contributed by atoms with Crippen LogP contribution in [0.15, 0.2) is 41.8 Å². The summed E-state index contributed by atoms with van der Waals surface area (Å²) in [5.74, 6) is 0.227. The minimum Gasteiger partial charge on any atom is -0.409 e. The summed E-state index contributed by atoms with van der Waals surface area (Å²) in [4.78, 5) is 10.0. The number of nitrogens with two attached hydrogens (primary N) is 1. The van der Waals surface area contributed by atoms with Crippen LogP contribution >= 0.6 is 0 Å². The topological polar surface area (TPSA) is 87.6 Å². The zero-order valence-corrected chi connectivity index (χ0v) is 10.9. The van der Waals surface area contributed by atoms with Crippen LogP contribution in [0.3, 0.4) is 0 Å². The van der Waals surface area contributed by atoms with Gasteiger partial charge in [0.1, 0.15) is 17.3 Å². The molecule has 1 aromatic heterocycles. The third-order valence-corrected chi connectivity index (χ3v) is 2.71. The van der Waals surface area contributed by atoms with Crippen molar-refractivity contribution in [3.63, 3.8) is 0 Å². The van der Waals surface area contributed by atoms with Gasteiger partial charge in [0.2, 0.25) is 0 Å². The molecule has 20 heavy (non-hydrogen) atoms. The van der Waals surface area contributed by atoms with Gasteiger partial charge in [-0.1, -0.05) is 17.3 Å². The van der Waals surface area contributed by atoms with E-state index in [0.717, 1.165) is 5.56 Å². The minimum atomic E-state index is -0.274. The average molecular weight is 275 g/mol. The van der Waals surface area contributed by atoms with Crippen molar-refractivity contribution in [3.05, 3.63) is 53.7 Å². The third kappa shape index (κ3) is 3.19. The fourth-order valence-corrected chi connectivity index (χ4v) is 1.69. The lowest BCUT2D eigenvalue weighted by molar-refractivity contribution is 0.318. The number of nitrogens with zero attached hydrogens (tertiary/aromatic N) is 4. The van der Waals surface area contributed by atoms with Crippen LogP contribution < -0.4 is 10.6 Å². The first kappa shape index (κ1) is 13.7. The molecule has 2 aromatic rings. The summed E-state index contributed by atoms with van der Waals surface area (Å²) < 4.78 is 13.1. The Hall–Kier alpha value is -2.70. The first-order valence-electron chi connectivity index (χ1n) is 5.85. The quantitative estimate of drug-likeness (QED) is 0.380. The third-order valence-electron chi connectivity index (χ3n) is 2.71. The molecule has 3 N–H and O–H groups in total. The van der Waals surface area contributed by atoms with Gasteiger partial charge in [-0.05, 0) is 17.7 Å². The SMILES string of the molecule is CN(Cc1cccc(F)c1)c1cnc(C(N)=NO)cn1.